The quantitative estimate of drug-likeness (QED) is 0.644. The van der Waals surface area contributed by atoms with Gasteiger partial charge in [0.15, 0.2) is 0 Å². The molecule has 0 aliphatic heterocycles. The molecule has 0 amide bonds. The van der Waals surface area contributed by atoms with Crippen LogP contribution in [0, 0.1) is 11.3 Å². The first-order valence-electron chi connectivity index (χ1n) is 4.85. The van der Waals surface area contributed by atoms with Gasteiger partial charge in [-0.05, 0) is 30.6 Å². The number of nitrogens with one attached hydrogen (secondary N) is 1. The normalized spacial score (nSPS) is 35.0. The van der Waals surface area contributed by atoms with Crippen LogP contribution in [0.25, 0.3) is 0 Å². The van der Waals surface area contributed by atoms with Crippen LogP contribution in [0.3, 0.4) is 0 Å². The Bertz CT molecular complexity index is 145. The topological polar surface area (TPSA) is 21.3 Å². The second-order valence-corrected chi connectivity index (χ2v) is 4.68. The van der Waals surface area contributed by atoms with Crippen LogP contribution in [0.1, 0.15) is 40.0 Å². The van der Waals surface area contributed by atoms with Gasteiger partial charge in [-0.3, -0.25) is 0 Å². The van der Waals surface area contributed by atoms with Gasteiger partial charge in [0.2, 0.25) is 0 Å². The predicted octanol–water partition coefficient (Wildman–Crippen LogP) is 2.35. The third-order valence-electron chi connectivity index (χ3n) is 3.39. The highest BCUT2D eigenvalue weighted by molar-refractivity contribution is 4.85. The lowest BCUT2D eigenvalue weighted by atomic mass is 9.68. The smallest absolute Gasteiger partial charge is 0.0572 e. The molecule has 0 radical (unpaired) electrons. The average Bonchev–Trinajstić information content (AvgIpc) is 1.98. The van der Waals surface area contributed by atoms with Crippen LogP contribution in [-0.2, 0) is 4.84 Å². The zero-order valence-corrected chi connectivity index (χ0v) is 8.68. The standard InChI is InChI=1S/C10H21NO/c1-8-7-9(11-12-4)5-6-10(8,2)3/h8-9,11H,5-7H2,1-4H3. The molecule has 0 aromatic rings. The molecular formula is C10H21NO. The largest absolute Gasteiger partial charge is 0.305 e. The van der Waals surface area contributed by atoms with Crippen LogP contribution in [0.15, 0.2) is 0 Å². The van der Waals surface area contributed by atoms with E-state index in [-0.39, 0.29) is 0 Å². The average molecular weight is 171 g/mol. The molecule has 72 valence electrons. The van der Waals surface area contributed by atoms with E-state index in [2.05, 4.69) is 26.3 Å². The van der Waals surface area contributed by atoms with Crippen molar-refractivity contribution >= 4 is 0 Å². The Morgan fingerprint density at radius 1 is 1.42 bits per heavy atom. The third-order valence-corrected chi connectivity index (χ3v) is 3.39. The summed E-state index contributed by atoms with van der Waals surface area (Å²) < 4.78 is 0. The summed E-state index contributed by atoms with van der Waals surface area (Å²) in [6.45, 7) is 7.06. The summed E-state index contributed by atoms with van der Waals surface area (Å²) in [5.41, 5.74) is 3.57. The van der Waals surface area contributed by atoms with E-state index >= 15 is 0 Å². The molecule has 0 aromatic heterocycles. The molecule has 1 aliphatic carbocycles. The molecule has 0 aromatic carbocycles. The molecule has 1 N–H and O–H groups in total. The van der Waals surface area contributed by atoms with Gasteiger partial charge in [0.1, 0.15) is 0 Å². The van der Waals surface area contributed by atoms with E-state index in [1.54, 1.807) is 7.11 Å². The summed E-state index contributed by atoms with van der Waals surface area (Å²) in [5, 5.41) is 0. The van der Waals surface area contributed by atoms with Crippen molar-refractivity contribution in [3.8, 4) is 0 Å². The SMILES string of the molecule is CONC1CCC(C)(C)C(C)C1. The van der Waals surface area contributed by atoms with E-state index in [1.165, 1.54) is 19.3 Å². The van der Waals surface area contributed by atoms with Crippen molar-refractivity contribution in [2.75, 3.05) is 7.11 Å². The Balaban J connectivity index is 2.41. The minimum Gasteiger partial charge on any atom is -0.305 e. The fourth-order valence-electron chi connectivity index (χ4n) is 1.93. The van der Waals surface area contributed by atoms with Crippen LogP contribution in [-0.4, -0.2) is 13.2 Å². The molecule has 2 atom stereocenters. The van der Waals surface area contributed by atoms with Crippen molar-refractivity contribution in [1.29, 1.82) is 0 Å². The fraction of sp³-hybridized carbons (Fsp3) is 1.00. The van der Waals surface area contributed by atoms with Crippen molar-refractivity contribution in [2.24, 2.45) is 11.3 Å². The molecular weight excluding hydrogens is 150 g/mol. The van der Waals surface area contributed by atoms with Gasteiger partial charge in [-0.15, -0.1) is 0 Å². The molecule has 12 heavy (non-hydrogen) atoms. The second kappa shape index (κ2) is 3.75. The maximum absolute atomic E-state index is 4.95. The molecule has 1 saturated carbocycles. The van der Waals surface area contributed by atoms with E-state index in [4.69, 9.17) is 4.84 Å². The Labute approximate surface area is 75.6 Å². The third kappa shape index (κ3) is 2.20. The predicted molar refractivity (Wildman–Crippen MR) is 50.7 cm³/mol. The molecule has 1 aliphatic rings. The summed E-state index contributed by atoms with van der Waals surface area (Å²) in [6, 6.07) is 0.568. The molecule has 2 unspecified atom stereocenters. The van der Waals surface area contributed by atoms with Gasteiger partial charge in [0, 0.05) is 6.04 Å². The fourth-order valence-corrected chi connectivity index (χ4v) is 1.93. The van der Waals surface area contributed by atoms with Crippen LogP contribution in [0.5, 0.6) is 0 Å². The number of hydroxylamine groups is 1. The minimum absolute atomic E-state index is 0.520. The van der Waals surface area contributed by atoms with Crippen LogP contribution < -0.4 is 5.48 Å². The lowest BCUT2D eigenvalue weighted by molar-refractivity contribution is 0.0162. The summed E-state index contributed by atoms with van der Waals surface area (Å²) in [7, 11) is 1.70. The van der Waals surface area contributed by atoms with E-state index in [0.29, 0.717) is 11.5 Å². The van der Waals surface area contributed by atoms with Gasteiger partial charge >= 0.3 is 0 Å². The van der Waals surface area contributed by atoms with Gasteiger partial charge in [0.05, 0.1) is 7.11 Å². The summed E-state index contributed by atoms with van der Waals surface area (Å²) >= 11 is 0. The maximum Gasteiger partial charge on any atom is 0.0572 e. The highest BCUT2D eigenvalue weighted by Gasteiger charge is 2.33. The Kier molecular flexibility index (Phi) is 3.13. The molecule has 2 nitrogen and oxygen atoms in total. The highest BCUT2D eigenvalue weighted by Crippen LogP contribution is 2.39. The van der Waals surface area contributed by atoms with Gasteiger partial charge < -0.3 is 4.84 Å². The summed E-state index contributed by atoms with van der Waals surface area (Å²) in [6.07, 6.45) is 3.78. The first kappa shape index (κ1) is 10.0. The van der Waals surface area contributed by atoms with E-state index in [0.717, 1.165) is 5.92 Å². The van der Waals surface area contributed by atoms with Gasteiger partial charge in [0.25, 0.3) is 0 Å². The molecule has 2 heteroatoms. The van der Waals surface area contributed by atoms with Crippen molar-refractivity contribution in [3.05, 3.63) is 0 Å². The zero-order chi connectivity index (χ0) is 9.19. The molecule has 1 rings (SSSR count). The van der Waals surface area contributed by atoms with E-state index < -0.39 is 0 Å². The van der Waals surface area contributed by atoms with Crippen LogP contribution >= 0.6 is 0 Å². The van der Waals surface area contributed by atoms with Crippen molar-refractivity contribution in [2.45, 2.75) is 46.1 Å². The minimum atomic E-state index is 0.520. The van der Waals surface area contributed by atoms with Gasteiger partial charge in [-0.25, -0.2) is 0 Å². The first-order chi connectivity index (χ1) is 5.56. The van der Waals surface area contributed by atoms with Gasteiger partial charge in [-0.1, -0.05) is 20.8 Å². The summed E-state index contributed by atoms with van der Waals surface area (Å²) in [4.78, 5) is 4.95. The zero-order valence-electron chi connectivity index (χ0n) is 8.68. The van der Waals surface area contributed by atoms with E-state index in [9.17, 15) is 0 Å². The Hall–Kier alpha value is -0.0800. The Morgan fingerprint density at radius 3 is 2.58 bits per heavy atom. The Morgan fingerprint density at radius 2 is 2.08 bits per heavy atom. The lowest BCUT2D eigenvalue weighted by Gasteiger charge is -2.40. The van der Waals surface area contributed by atoms with Gasteiger partial charge in [-0.2, -0.15) is 5.48 Å². The first-order valence-corrected chi connectivity index (χ1v) is 4.85. The second-order valence-electron chi connectivity index (χ2n) is 4.68. The van der Waals surface area contributed by atoms with Crippen LogP contribution in [0.2, 0.25) is 0 Å². The molecule has 1 fully saturated rings. The maximum atomic E-state index is 4.95. The van der Waals surface area contributed by atoms with Crippen molar-refractivity contribution < 1.29 is 4.84 Å². The molecule has 0 heterocycles. The number of hydrogen-bond acceptors (Lipinski definition) is 2. The number of hydrogen-bond donors (Lipinski definition) is 1. The lowest BCUT2D eigenvalue weighted by Crippen LogP contribution is -2.39. The van der Waals surface area contributed by atoms with Crippen LogP contribution in [0.4, 0.5) is 0 Å². The molecule has 0 bridgehead atoms. The van der Waals surface area contributed by atoms with Crippen molar-refractivity contribution in [1.82, 2.24) is 5.48 Å². The summed E-state index contributed by atoms with van der Waals surface area (Å²) in [5.74, 6) is 0.791. The monoisotopic (exact) mass is 171 g/mol. The highest BCUT2D eigenvalue weighted by atomic mass is 16.6. The molecule has 0 spiro atoms. The number of rotatable bonds is 2. The van der Waals surface area contributed by atoms with Crippen molar-refractivity contribution in [3.63, 3.8) is 0 Å². The van der Waals surface area contributed by atoms with E-state index in [1.807, 2.05) is 0 Å². The molecule has 0 saturated heterocycles.